The first kappa shape index (κ1) is 14.7. The molecule has 5 rings (SSSR count). The maximum Gasteiger partial charge on any atom is 0.0971 e. The fourth-order valence-electron chi connectivity index (χ4n) is 3.32. The van der Waals surface area contributed by atoms with E-state index in [1.54, 1.807) is 12.4 Å². The fourth-order valence-corrected chi connectivity index (χ4v) is 3.32. The van der Waals surface area contributed by atoms with Gasteiger partial charge in [0.15, 0.2) is 0 Å². The minimum Gasteiger partial charge on any atom is -0.256 e. The first-order valence-corrected chi connectivity index (χ1v) is 8.41. The van der Waals surface area contributed by atoms with Gasteiger partial charge in [-0.1, -0.05) is 24.3 Å². The second-order valence-electron chi connectivity index (χ2n) is 6.00. The zero-order valence-corrected chi connectivity index (χ0v) is 13.9. The maximum absolute atomic E-state index is 4.62. The second kappa shape index (κ2) is 6.01. The van der Waals surface area contributed by atoms with Crippen molar-refractivity contribution >= 4 is 21.8 Å². The topological polar surface area (TPSA) is 51.6 Å². The zero-order chi connectivity index (χ0) is 17.3. The van der Waals surface area contributed by atoms with Crippen LogP contribution in [0, 0.1) is 0 Å². The van der Waals surface area contributed by atoms with Gasteiger partial charge in [0.25, 0.3) is 0 Å². The van der Waals surface area contributed by atoms with E-state index >= 15 is 0 Å². The van der Waals surface area contributed by atoms with Crippen molar-refractivity contribution in [2.75, 3.05) is 0 Å². The highest BCUT2D eigenvalue weighted by molar-refractivity contribution is 6.11. The van der Waals surface area contributed by atoms with Gasteiger partial charge in [-0.05, 0) is 36.4 Å². The van der Waals surface area contributed by atoms with Gasteiger partial charge in [0.05, 0.1) is 22.4 Å². The number of aromatic nitrogens is 4. The van der Waals surface area contributed by atoms with E-state index in [1.807, 2.05) is 60.9 Å². The summed E-state index contributed by atoms with van der Waals surface area (Å²) in [6.45, 7) is 0. The van der Waals surface area contributed by atoms with Crippen LogP contribution in [0.1, 0.15) is 0 Å². The van der Waals surface area contributed by atoms with Crippen molar-refractivity contribution in [1.29, 1.82) is 0 Å². The Morgan fingerprint density at radius 1 is 0.423 bits per heavy atom. The Bertz CT molecular complexity index is 1120. The molecule has 0 atom stereocenters. The van der Waals surface area contributed by atoms with Crippen LogP contribution in [-0.4, -0.2) is 19.9 Å². The molecular formula is C22H14N4. The lowest BCUT2D eigenvalue weighted by atomic mass is 10.00. The highest BCUT2D eigenvalue weighted by Gasteiger charge is 2.12. The van der Waals surface area contributed by atoms with E-state index in [0.717, 1.165) is 44.3 Å². The molecule has 0 aliphatic carbocycles. The molecule has 26 heavy (non-hydrogen) atoms. The Balaban J connectivity index is 1.82. The molecule has 0 spiro atoms. The lowest BCUT2D eigenvalue weighted by Crippen LogP contribution is -1.92. The van der Waals surface area contributed by atoms with E-state index in [1.165, 1.54) is 0 Å². The number of fused-ring (bicyclic) bond motifs is 3. The minimum atomic E-state index is 0.878. The molecule has 0 fully saturated rings. The van der Waals surface area contributed by atoms with Crippen molar-refractivity contribution in [1.82, 2.24) is 19.9 Å². The molecule has 122 valence electrons. The van der Waals surface area contributed by atoms with Crippen LogP contribution in [-0.2, 0) is 0 Å². The molecule has 0 saturated carbocycles. The van der Waals surface area contributed by atoms with Crippen LogP contribution in [0.2, 0.25) is 0 Å². The standard InChI is InChI=1S/C22H14N4/c1-3-11-23-19(5-1)15-9-13-25-21-17(15)7-8-18-16(10-14-26-22(18)21)20-6-2-4-12-24-20/h1-14H. The fraction of sp³-hybridized carbons (Fsp3) is 0. The third-order valence-corrected chi connectivity index (χ3v) is 4.50. The Morgan fingerprint density at radius 3 is 1.35 bits per heavy atom. The van der Waals surface area contributed by atoms with Gasteiger partial charge in [-0.2, -0.15) is 0 Å². The number of hydrogen-bond acceptors (Lipinski definition) is 4. The highest BCUT2D eigenvalue weighted by Crippen LogP contribution is 2.33. The average molecular weight is 334 g/mol. The van der Waals surface area contributed by atoms with E-state index in [9.17, 15) is 0 Å². The SMILES string of the molecule is c1ccc(-c2ccnc3c2ccc2c(-c4ccccn4)ccnc23)nc1. The van der Waals surface area contributed by atoms with E-state index in [2.05, 4.69) is 32.1 Å². The summed E-state index contributed by atoms with van der Waals surface area (Å²) in [6, 6.07) is 20.0. The Kier molecular flexibility index (Phi) is 3.39. The van der Waals surface area contributed by atoms with Crippen LogP contribution in [0.3, 0.4) is 0 Å². The monoisotopic (exact) mass is 334 g/mol. The molecule has 5 aromatic rings. The van der Waals surface area contributed by atoms with Gasteiger partial charge >= 0.3 is 0 Å². The van der Waals surface area contributed by atoms with Crippen molar-refractivity contribution in [3.8, 4) is 22.5 Å². The summed E-state index contributed by atoms with van der Waals surface area (Å²) in [5.41, 5.74) is 5.73. The summed E-state index contributed by atoms with van der Waals surface area (Å²) in [4.78, 5) is 18.2. The van der Waals surface area contributed by atoms with Gasteiger partial charge in [0.1, 0.15) is 0 Å². The zero-order valence-electron chi connectivity index (χ0n) is 13.9. The summed E-state index contributed by atoms with van der Waals surface area (Å²) < 4.78 is 0. The first-order valence-electron chi connectivity index (χ1n) is 8.41. The van der Waals surface area contributed by atoms with Crippen LogP contribution >= 0.6 is 0 Å². The predicted octanol–water partition coefficient (Wildman–Crippen LogP) is 4.91. The largest absolute Gasteiger partial charge is 0.256 e. The number of benzene rings is 1. The predicted molar refractivity (Wildman–Crippen MR) is 104 cm³/mol. The normalized spacial score (nSPS) is 11.1. The number of hydrogen-bond donors (Lipinski definition) is 0. The van der Waals surface area contributed by atoms with Gasteiger partial charge in [0.2, 0.25) is 0 Å². The van der Waals surface area contributed by atoms with Crippen LogP contribution < -0.4 is 0 Å². The van der Waals surface area contributed by atoms with Gasteiger partial charge in [-0.15, -0.1) is 0 Å². The van der Waals surface area contributed by atoms with Gasteiger partial charge in [0, 0.05) is 46.7 Å². The quantitative estimate of drug-likeness (QED) is 0.431. The maximum atomic E-state index is 4.62. The molecular weight excluding hydrogens is 320 g/mol. The Labute approximate surface area is 150 Å². The molecule has 0 radical (unpaired) electrons. The van der Waals surface area contributed by atoms with Crippen LogP contribution in [0.15, 0.2) is 85.5 Å². The third kappa shape index (κ3) is 2.31. The lowest BCUT2D eigenvalue weighted by molar-refractivity contribution is 1.31. The molecule has 4 aromatic heterocycles. The molecule has 0 unspecified atom stereocenters. The number of pyridine rings is 4. The molecule has 4 nitrogen and oxygen atoms in total. The molecule has 0 saturated heterocycles. The Hall–Kier alpha value is -3.66. The number of nitrogens with zero attached hydrogens (tertiary/aromatic N) is 4. The third-order valence-electron chi connectivity index (χ3n) is 4.50. The van der Waals surface area contributed by atoms with Gasteiger partial charge in [-0.3, -0.25) is 19.9 Å². The summed E-state index contributed by atoms with van der Waals surface area (Å²) in [7, 11) is 0. The van der Waals surface area contributed by atoms with Gasteiger partial charge < -0.3 is 0 Å². The molecule has 1 aromatic carbocycles. The van der Waals surface area contributed by atoms with Crippen molar-refractivity contribution in [2.24, 2.45) is 0 Å². The molecule has 0 aliphatic rings. The summed E-state index contributed by atoms with van der Waals surface area (Å²) in [5.74, 6) is 0. The lowest BCUT2D eigenvalue weighted by Gasteiger charge is -2.10. The van der Waals surface area contributed by atoms with Crippen LogP contribution in [0.25, 0.3) is 44.3 Å². The van der Waals surface area contributed by atoms with E-state index in [-0.39, 0.29) is 0 Å². The van der Waals surface area contributed by atoms with Crippen molar-refractivity contribution < 1.29 is 0 Å². The Morgan fingerprint density at radius 2 is 0.923 bits per heavy atom. The van der Waals surface area contributed by atoms with E-state index in [4.69, 9.17) is 0 Å². The van der Waals surface area contributed by atoms with Crippen LogP contribution in [0.4, 0.5) is 0 Å². The summed E-state index contributed by atoms with van der Waals surface area (Å²) >= 11 is 0. The first-order chi connectivity index (χ1) is 12.9. The summed E-state index contributed by atoms with van der Waals surface area (Å²) in [5, 5.41) is 2.09. The molecule has 4 heterocycles. The highest BCUT2D eigenvalue weighted by atomic mass is 14.7. The average Bonchev–Trinajstić information content (AvgIpc) is 2.74. The van der Waals surface area contributed by atoms with Crippen molar-refractivity contribution in [3.63, 3.8) is 0 Å². The molecule has 0 amide bonds. The number of rotatable bonds is 2. The van der Waals surface area contributed by atoms with Crippen molar-refractivity contribution in [3.05, 3.63) is 85.5 Å². The van der Waals surface area contributed by atoms with Crippen molar-refractivity contribution in [2.45, 2.75) is 0 Å². The molecule has 0 N–H and O–H groups in total. The molecule has 4 heteroatoms. The van der Waals surface area contributed by atoms with Gasteiger partial charge in [-0.25, -0.2) is 0 Å². The van der Waals surface area contributed by atoms with E-state index < -0.39 is 0 Å². The second-order valence-corrected chi connectivity index (χ2v) is 6.00. The smallest absolute Gasteiger partial charge is 0.0971 e. The van der Waals surface area contributed by atoms with E-state index in [0.29, 0.717) is 0 Å². The minimum absolute atomic E-state index is 0.878. The van der Waals surface area contributed by atoms with Crippen LogP contribution in [0.5, 0.6) is 0 Å². The molecule has 0 aliphatic heterocycles. The summed E-state index contributed by atoms with van der Waals surface area (Å²) in [6.07, 6.45) is 7.25. The molecule has 0 bridgehead atoms.